The van der Waals surface area contributed by atoms with Crippen LogP contribution < -0.4 is 5.32 Å². The van der Waals surface area contributed by atoms with Gasteiger partial charge in [0.05, 0.1) is 17.2 Å². The number of carbonyl (C=O) groups excluding carboxylic acids is 1. The van der Waals surface area contributed by atoms with Gasteiger partial charge in [-0.3, -0.25) is 0 Å². The van der Waals surface area contributed by atoms with E-state index in [-0.39, 0.29) is 17.1 Å². The maximum atomic E-state index is 12.5. The number of rotatable bonds is 3. The normalized spacial score (nSPS) is 22.5. The number of carboxylic acids is 1. The number of likely N-dealkylation sites (tertiary alicyclic amines) is 1. The van der Waals surface area contributed by atoms with E-state index in [0.29, 0.717) is 19.5 Å². The van der Waals surface area contributed by atoms with Gasteiger partial charge < -0.3 is 20.4 Å². The molecule has 2 aliphatic rings. The maximum absolute atomic E-state index is 12.5. The van der Waals surface area contributed by atoms with Gasteiger partial charge in [-0.2, -0.15) is 0 Å². The molecule has 1 spiro atoms. The molecule has 1 aromatic carbocycles. The molecule has 1 aliphatic carbocycles. The number of benzene rings is 1. The number of urea groups is 1. The first kappa shape index (κ1) is 15.8. The number of aliphatic hydroxyl groups is 1. The minimum atomic E-state index is -0.963. The van der Waals surface area contributed by atoms with Gasteiger partial charge in [0.2, 0.25) is 0 Å². The number of hydrogen-bond donors (Lipinski definition) is 3. The largest absolute Gasteiger partial charge is 0.478 e. The fraction of sp³-hybridized carbons (Fsp3) is 0.529. The maximum Gasteiger partial charge on any atom is 0.335 e. The second kappa shape index (κ2) is 6.20. The highest BCUT2D eigenvalue weighted by Gasteiger charge is 2.51. The minimum absolute atomic E-state index is 0.147. The van der Waals surface area contributed by atoms with E-state index in [2.05, 4.69) is 5.32 Å². The summed E-state index contributed by atoms with van der Waals surface area (Å²) in [5.74, 6) is -0.963. The zero-order valence-corrected chi connectivity index (χ0v) is 13.0. The fourth-order valence-electron chi connectivity index (χ4n) is 3.86. The van der Waals surface area contributed by atoms with Gasteiger partial charge in [0, 0.05) is 13.1 Å². The van der Waals surface area contributed by atoms with Gasteiger partial charge in [0.1, 0.15) is 0 Å². The van der Waals surface area contributed by atoms with Crippen molar-refractivity contribution in [2.45, 2.75) is 50.3 Å². The molecule has 6 nitrogen and oxygen atoms in total. The van der Waals surface area contributed by atoms with Gasteiger partial charge in [0.25, 0.3) is 0 Å². The molecule has 0 radical (unpaired) electrons. The van der Waals surface area contributed by atoms with Crippen molar-refractivity contribution in [2.75, 3.05) is 6.54 Å². The lowest BCUT2D eigenvalue weighted by molar-refractivity contribution is 0.0488. The zero-order valence-electron chi connectivity index (χ0n) is 13.0. The van der Waals surface area contributed by atoms with Crippen molar-refractivity contribution in [3.05, 3.63) is 35.4 Å². The van der Waals surface area contributed by atoms with Crippen LogP contribution in [-0.4, -0.2) is 45.3 Å². The summed E-state index contributed by atoms with van der Waals surface area (Å²) in [6.45, 7) is 0.937. The van der Waals surface area contributed by atoms with E-state index in [4.69, 9.17) is 5.11 Å². The smallest absolute Gasteiger partial charge is 0.335 e. The Bertz CT molecular complexity index is 593. The quantitative estimate of drug-likeness (QED) is 0.795. The Morgan fingerprint density at radius 1 is 1.22 bits per heavy atom. The van der Waals surface area contributed by atoms with Gasteiger partial charge in [-0.1, -0.05) is 25.0 Å². The van der Waals surface area contributed by atoms with E-state index in [0.717, 1.165) is 31.2 Å². The minimum Gasteiger partial charge on any atom is -0.478 e. The fourth-order valence-corrected chi connectivity index (χ4v) is 3.86. The third-order valence-corrected chi connectivity index (χ3v) is 5.14. The van der Waals surface area contributed by atoms with Crippen molar-refractivity contribution in [1.29, 1.82) is 0 Å². The Labute approximate surface area is 135 Å². The summed E-state index contributed by atoms with van der Waals surface area (Å²) in [6.07, 6.45) is 4.06. The number of hydrogen-bond acceptors (Lipinski definition) is 3. The van der Waals surface area contributed by atoms with E-state index < -0.39 is 12.1 Å². The van der Waals surface area contributed by atoms with Crippen LogP contribution in [0.4, 0.5) is 4.79 Å². The first-order valence-corrected chi connectivity index (χ1v) is 8.09. The lowest BCUT2D eigenvalue weighted by Gasteiger charge is -2.37. The number of aromatic carboxylic acids is 1. The van der Waals surface area contributed by atoms with Crippen LogP contribution in [0.5, 0.6) is 0 Å². The van der Waals surface area contributed by atoms with Crippen molar-refractivity contribution in [3.63, 3.8) is 0 Å². The topological polar surface area (TPSA) is 89.9 Å². The molecule has 3 rings (SSSR count). The monoisotopic (exact) mass is 318 g/mol. The molecule has 1 aliphatic heterocycles. The molecule has 1 unspecified atom stereocenters. The van der Waals surface area contributed by atoms with Crippen LogP contribution in [0.3, 0.4) is 0 Å². The second-order valence-corrected chi connectivity index (χ2v) is 6.43. The van der Waals surface area contributed by atoms with E-state index in [1.54, 1.807) is 17.0 Å². The van der Waals surface area contributed by atoms with Crippen LogP contribution in [-0.2, 0) is 6.54 Å². The summed E-state index contributed by atoms with van der Waals surface area (Å²) >= 11 is 0. The number of nitrogens with zero attached hydrogens (tertiary/aromatic N) is 1. The summed E-state index contributed by atoms with van der Waals surface area (Å²) in [6, 6.07) is 6.32. The average molecular weight is 318 g/mol. The highest BCUT2D eigenvalue weighted by Crippen LogP contribution is 2.43. The van der Waals surface area contributed by atoms with Crippen molar-refractivity contribution in [2.24, 2.45) is 0 Å². The van der Waals surface area contributed by atoms with Crippen LogP contribution >= 0.6 is 0 Å². The Kier molecular flexibility index (Phi) is 4.26. The Balaban J connectivity index is 1.62. The van der Waals surface area contributed by atoms with Gasteiger partial charge in [-0.05, 0) is 37.0 Å². The molecule has 1 heterocycles. The Morgan fingerprint density at radius 3 is 2.48 bits per heavy atom. The highest BCUT2D eigenvalue weighted by molar-refractivity contribution is 5.87. The lowest BCUT2D eigenvalue weighted by Crippen LogP contribution is -2.53. The van der Waals surface area contributed by atoms with E-state index in [1.807, 2.05) is 0 Å². The molecule has 1 saturated heterocycles. The molecular weight excluding hydrogens is 296 g/mol. The molecule has 2 amide bonds. The first-order chi connectivity index (χ1) is 11.0. The van der Waals surface area contributed by atoms with Crippen LogP contribution in [0.2, 0.25) is 0 Å². The predicted octanol–water partition coefficient (Wildman–Crippen LogP) is 1.97. The van der Waals surface area contributed by atoms with Gasteiger partial charge in [-0.15, -0.1) is 0 Å². The molecule has 3 N–H and O–H groups in total. The zero-order chi connectivity index (χ0) is 16.4. The molecule has 1 saturated carbocycles. The molecule has 0 aromatic heterocycles. The third kappa shape index (κ3) is 2.91. The van der Waals surface area contributed by atoms with Gasteiger partial charge in [0.15, 0.2) is 0 Å². The molecule has 0 bridgehead atoms. The molecular formula is C17H22N2O4. The summed E-state index contributed by atoms with van der Waals surface area (Å²) in [4.78, 5) is 25.1. The SMILES string of the molecule is O=C(O)c1ccc(CNC(=O)N2CCC(O)C23CCCC3)cc1. The van der Waals surface area contributed by atoms with Crippen LogP contribution in [0.15, 0.2) is 24.3 Å². The second-order valence-electron chi connectivity index (χ2n) is 6.43. The number of carbonyl (C=O) groups is 2. The summed E-state index contributed by atoms with van der Waals surface area (Å²) in [7, 11) is 0. The molecule has 2 fully saturated rings. The molecule has 6 heteroatoms. The summed E-state index contributed by atoms with van der Waals surface area (Å²) in [5, 5.41) is 22.1. The summed E-state index contributed by atoms with van der Waals surface area (Å²) < 4.78 is 0. The van der Waals surface area contributed by atoms with Crippen LogP contribution in [0.1, 0.15) is 48.0 Å². The molecule has 124 valence electrons. The number of amides is 2. The lowest BCUT2D eigenvalue weighted by atomic mass is 9.91. The summed E-state index contributed by atoms with van der Waals surface area (Å²) in [5.41, 5.74) is 0.702. The number of carboxylic acid groups (broad SMARTS) is 1. The van der Waals surface area contributed by atoms with Crippen molar-refractivity contribution >= 4 is 12.0 Å². The predicted molar refractivity (Wildman–Crippen MR) is 84.2 cm³/mol. The van der Waals surface area contributed by atoms with E-state index in [9.17, 15) is 14.7 Å². The third-order valence-electron chi connectivity index (χ3n) is 5.14. The van der Waals surface area contributed by atoms with E-state index >= 15 is 0 Å². The molecule has 1 aromatic rings. The molecule has 23 heavy (non-hydrogen) atoms. The number of nitrogens with one attached hydrogen (secondary N) is 1. The standard InChI is InChI=1S/C17H22N2O4/c20-14-7-10-19(17(14)8-1-2-9-17)16(23)18-11-12-3-5-13(6-4-12)15(21)22/h3-6,14,20H,1-2,7-11H2,(H,18,23)(H,21,22). The Morgan fingerprint density at radius 2 is 1.87 bits per heavy atom. The van der Waals surface area contributed by atoms with Gasteiger partial charge >= 0.3 is 12.0 Å². The van der Waals surface area contributed by atoms with E-state index in [1.165, 1.54) is 12.1 Å². The Hall–Kier alpha value is -2.08. The van der Waals surface area contributed by atoms with Crippen LogP contribution in [0, 0.1) is 0 Å². The first-order valence-electron chi connectivity index (χ1n) is 8.09. The van der Waals surface area contributed by atoms with Crippen LogP contribution in [0.25, 0.3) is 0 Å². The average Bonchev–Trinajstić information content (AvgIpc) is 3.15. The van der Waals surface area contributed by atoms with Crippen molar-refractivity contribution in [1.82, 2.24) is 10.2 Å². The highest BCUT2D eigenvalue weighted by atomic mass is 16.4. The molecule has 1 atom stereocenters. The van der Waals surface area contributed by atoms with Gasteiger partial charge in [-0.25, -0.2) is 9.59 Å². The van der Waals surface area contributed by atoms with Crippen molar-refractivity contribution < 1.29 is 19.8 Å². The number of aliphatic hydroxyl groups excluding tert-OH is 1. The van der Waals surface area contributed by atoms with Crippen molar-refractivity contribution in [3.8, 4) is 0 Å².